The fourth-order valence-electron chi connectivity index (χ4n) is 2.61. The van der Waals surface area contributed by atoms with Gasteiger partial charge in [0, 0.05) is 21.1 Å². The average Bonchev–Trinajstić information content (AvgIpc) is 2.63. The van der Waals surface area contributed by atoms with Crippen LogP contribution in [0.15, 0.2) is 37.5 Å². The van der Waals surface area contributed by atoms with Crippen LogP contribution < -0.4 is 21.1 Å². The number of hydrogen-bond acceptors (Lipinski definition) is 0. The molecule has 1 rings (SSSR count). The first-order chi connectivity index (χ1) is 9.49. The van der Waals surface area contributed by atoms with Gasteiger partial charge in [-0.1, -0.05) is 56.2 Å². The van der Waals surface area contributed by atoms with Gasteiger partial charge in [-0.05, 0) is 26.7 Å². The lowest BCUT2D eigenvalue weighted by Gasteiger charge is -2.19. The molecule has 1 heterocycles. The Bertz CT molecular complexity index is 728. The third-order valence-corrected chi connectivity index (χ3v) is 3.59. The van der Waals surface area contributed by atoms with Gasteiger partial charge in [0.05, 0.1) is 6.04 Å². The molecule has 0 saturated heterocycles. The molecule has 1 aromatic rings. The van der Waals surface area contributed by atoms with Gasteiger partial charge in [-0.2, -0.15) is 0 Å². The average molecular weight is 267 g/mol. The van der Waals surface area contributed by atoms with Crippen LogP contribution in [0.25, 0.3) is 25.3 Å². The van der Waals surface area contributed by atoms with Crippen LogP contribution >= 0.6 is 0 Å². The minimum Gasteiger partial charge on any atom is -0.334 e. The number of nitrogens with zero attached hydrogens (tertiary/aromatic N) is 1. The van der Waals surface area contributed by atoms with Crippen LogP contribution in [-0.4, -0.2) is 4.57 Å². The van der Waals surface area contributed by atoms with E-state index in [0.717, 1.165) is 39.6 Å². The molecule has 20 heavy (non-hydrogen) atoms. The van der Waals surface area contributed by atoms with Crippen molar-refractivity contribution >= 4 is 25.3 Å². The fourth-order valence-corrected chi connectivity index (χ4v) is 2.61. The maximum absolute atomic E-state index is 4.24. The van der Waals surface area contributed by atoms with Gasteiger partial charge in [-0.25, -0.2) is 0 Å². The monoisotopic (exact) mass is 267 g/mol. The van der Waals surface area contributed by atoms with Gasteiger partial charge < -0.3 is 4.57 Å². The van der Waals surface area contributed by atoms with Crippen molar-refractivity contribution in [3.8, 4) is 0 Å². The fraction of sp³-hybridized carbons (Fsp3) is 0.263. The molecule has 0 spiro atoms. The molecule has 1 aromatic heterocycles. The zero-order valence-electron chi connectivity index (χ0n) is 12.8. The van der Waals surface area contributed by atoms with Crippen LogP contribution in [0, 0.1) is 0 Å². The Kier molecular flexibility index (Phi) is 5.57. The zero-order chi connectivity index (χ0) is 15.3. The van der Waals surface area contributed by atoms with Crippen LogP contribution in [0.5, 0.6) is 0 Å². The van der Waals surface area contributed by atoms with Crippen LogP contribution in [0.1, 0.15) is 32.7 Å². The third kappa shape index (κ3) is 2.93. The lowest BCUT2D eigenvalue weighted by atomic mass is 10.0. The second-order valence-corrected chi connectivity index (χ2v) is 5.01. The van der Waals surface area contributed by atoms with Gasteiger partial charge in [0.15, 0.2) is 0 Å². The maximum Gasteiger partial charge on any atom is 0.0549 e. The number of aromatic nitrogens is 1. The van der Waals surface area contributed by atoms with E-state index in [1.165, 1.54) is 0 Å². The summed E-state index contributed by atoms with van der Waals surface area (Å²) >= 11 is 0. The van der Waals surface area contributed by atoms with E-state index < -0.39 is 0 Å². The van der Waals surface area contributed by atoms with Gasteiger partial charge >= 0.3 is 0 Å². The molecule has 0 bridgehead atoms. The van der Waals surface area contributed by atoms with Gasteiger partial charge in [-0.3, -0.25) is 0 Å². The second-order valence-electron chi connectivity index (χ2n) is 5.01. The van der Waals surface area contributed by atoms with Crippen LogP contribution in [0.2, 0.25) is 0 Å². The summed E-state index contributed by atoms with van der Waals surface area (Å²) in [4.78, 5) is 0. The molecule has 0 radical (unpaired) electrons. The Labute approximate surface area is 121 Å². The molecule has 0 N–H and O–H groups in total. The number of hydrogen-bond donors (Lipinski definition) is 0. The van der Waals surface area contributed by atoms with Crippen molar-refractivity contribution in [1.29, 1.82) is 0 Å². The molecule has 0 fully saturated rings. The first-order valence-corrected chi connectivity index (χ1v) is 6.93. The summed E-state index contributed by atoms with van der Waals surface area (Å²) in [5.74, 6) is 0. The van der Waals surface area contributed by atoms with E-state index in [-0.39, 0.29) is 6.04 Å². The summed E-state index contributed by atoms with van der Waals surface area (Å²) in [6.45, 7) is 24.3. The highest BCUT2D eigenvalue weighted by atomic mass is 15.0. The van der Waals surface area contributed by atoms with Gasteiger partial charge in [-0.15, -0.1) is 6.58 Å². The van der Waals surface area contributed by atoms with Gasteiger partial charge in [0.25, 0.3) is 0 Å². The van der Waals surface area contributed by atoms with E-state index in [4.69, 9.17) is 0 Å². The molecule has 1 unspecified atom stereocenters. The molecule has 0 aliphatic rings. The quantitative estimate of drug-likeness (QED) is 0.696. The topological polar surface area (TPSA) is 4.93 Å². The summed E-state index contributed by atoms with van der Waals surface area (Å²) in [6.07, 6.45) is 9.71. The Balaban J connectivity index is 3.69. The van der Waals surface area contributed by atoms with Crippen LogP contribution in [0.3, 0.4) is 0 Å². The highest BCUT2D eigenvalue weighted by Gasteiger charge is 2.13. The Morgan fingerprint density at radius 1 is 1.20 bits per heavy atom. The van der Waals surface area contributed by atoms with Crippen molar-refractivity contribution in [2.45, 2.75) is 32.7 Å². The largest absolute Gasteiger partial charge is 0.334 e. The van der Waals surface area contributed by atoms with Gasteiger partial charge in [0.2, 0.25) is 0 Å². The summed E-state index contributed by atoms with van der Waals surface area (Å²) < 4.78 is 2.19. The first kappa shape index (κ1) is 16.0. The minimum absolute atomic E-state index is 0.207. The lowest BCUT2D eigenvalue weighted by Crippen LogP contribution is -2.36. The second kappa shape index (κ2) is 6.95. The van der Waals surface area contributed by atoms with E-state index >= 15 is 0 Å². The molecule has 0 amide bonds. The summed E-state index contributed by atoms with van der Waals surface area (Å²) in [6, 6.07) is 0.207. The molecule has 1 atom stereocenters. The highest BCUT2D eigenvalue weighted by molar-refractivity contribution is 5.39. The van der Waals surface area contributed by atoms with Gasteiger partial charge in [0.1, 0.15) is 0 Å². The maximum atomic E-state index is 4.24. The van der Waals surface area contributed by atoms with Crippen molar-refractivity contribution in [3.05, 3.63) is 58.6 Å². The van der Waals surface area contributed by atoms with E-state index in [0.29, 0.717) is 0 Å². The smallest absolute Gasteiger partial charge is 0.0549 e. The third-order valence-electron chi connectivity index (χ3n) is 3.59. The molecule has 106 valence electrons. The zero-order valence-corrected chi connectivity index (χ0v) is 12.8. The molecule has 1 heteroatoms. The predicted octanol–water partition coefficient (Wildman–Crippen LogP) is 2.16. The van der Waals surface area contributed by atoms with Crippen molar-refractivity contribution in [1.82, 2.24) is 4.57 Å². The standard InChI is InChI=1S/C19H25N/c1-8-11-13-19(14(4)5)20-15(6)17(10-3)18(12-9-2)16(20)7/h8-10,12,19H,1-2,4,6-7,11,13H2,3,5H3/b17-10-,18-12-. The van der Waals surface area contributed by atoms with E-state index in [1.807, 2.05) is 19.1 Å². The van der Waals surface area contributed by atoms with E-state index in [9.17, 15) is 0 Å². The van der Waals surface area contributed by atoms with E-state index in [1.54, 1.807) is 6.08 Å². The molecule has 1 nitrogen and oxygen atoms in total. The van der Waals surface area contributed by atoms with E-state index in [2.05, 4.69) is 50.5 Å². The lowest BCUT2D eigenvalue weighted by molar-refractivity contribution is 0.518. The van der Waals surface area contributed by atoms with Crippen LogP contribution in [0.4, 0.5) is 0 Å². The SMILES string of the molecule is C=C/C=c1/c(=C)n(C(CCC=C)C(=C)C)c(=C)/c1=C/C. The molecular formula is C19H25N. The molecule has 0 aliphatic heterocycles. The molecule has 0 aromatic carbocycles. The Hall–Kier alpha value is -2.02. The Morgan fingerprint density at radius 2 is 1.80 bits per heavy atom. The molecule has 0 aliphatic carbocycles. The molecular weight excluding hydrogens is 242 g/mol. The highest BCUT2D eigenvalue weighted by Crippen LogP contribution is 2.18. The first-order valence-electron chi connectivity index (χ1n) is 6.93. The predicted molar refractivity (Wildman–Crippen MR) is 92.1 cm³/mol. The van der Waals surface area contributed by atoms with Crippen molar-refractivity contribution in [2.24, 2.45) is 0 Å². The van der Waals surface area contributed by atoms with Crippen molar-refractivity contribution in [3.63, 3.8) is 0 Å². The summed E-state index contributed by atoms with van der Waals surface area (Å²) in [5.41, 5.74) is 1.12. The number of allylic oxidation sites excluding steroid dienone is 3. The molecule has 0 saturated carbocycles. The Morgan fingerprint density at radius 3 is 2.25 bits per heavy atom. The summed E-state index contributed by atoms with van der Waals surface area (Å²) in [7, 11) is 0. The summed E-state index contributed by atoms with van der Waals surface area (Å²) in [5, 5.41) is 4.18. The van der Waals surface area contributed by atoms with Crippen molar-refractivity contribution < 1.29 is 0 Å². The normalized spacial score (nSPS) is 14.3. The minimum atomic E-state index is 0.207. The van der Waals surface area contributed by atoms with Crippen molar-refractivity contribution in [2.75, 3.05) is 0 Å². The van der Waals surface area contributed by atoms with Crippen LogP contribution in [-0.2, 0) is 0 Å². The number of rotatable bonds is 6.